The number of hydrogen-bond donors (Lipinski definition) is 0. The second-order valence-electron chi connectivity index (χ2n) is 8.54. The third kappa shape index (κ3) is 6.45. The predicted molar refractivity (Wildman–Crippen MR) is 137 cm³/mol. The number of ketones is 2. The molecule has 2 atom stereocenters. The number of carbonyl (C=O) groups excluding carboxylic acids is 2. The summed E-state index contributed by atoms with van der Waals surface area (Å²) in [6.45, 7) is 3.97. The van der Waals surface area contributed by atoms with E-state index < -0.39 is 12.2 Å². The number of benzene rings is 4. The van der Waals surface area contributed by atoms with Crippen LogP contribution in [0.2, 0.25) is 0 Å². The van der Waals surface area contributed by atoms with Gasteiger partial charge in [-0.2, -0.15) is 0 Å². The lowest BCUT2D eigenvalue weighted by Gasteiger charge is -2.24. The van der Waals surface area contributed by atoms with Crippen LogP contribution in [0, 0.1) is 13.8 Å². The van der Waals surface area contributed by atoms with E-state index in [1.807, 2.05) is 98.8 Å². The SMILES string of the molecule is Cc1ccc(OC(CC(Oc2ccc(C)cc2)C(=O)c2ccccc2)C(=O)c2ccccc2)cc1. The van der Waals surface area contributed by atoms with Gasteiger partial charge in [-0.1, -0.05) is 96.1 Å². The van der Waals surface area contributed by atoms with Crippen molar-refractivity contribution in [2.24, 2.45) is 0 Å². The van der Waals surface area contributed by atoms with Gasteiger partial charge >= 0.3 is 0 Å². The van der Waals surface area contributed by atoms with Gasteiger partial charge in [0.15, 0.2) is 12.2 Å². The maximum atomic E-state index is 13.5. The molecule has 4 aromatic rings. The van der Waals surface area contributed by atoms with E-state index in [1.165, 1.54) is 0 Å². The maximum Gasteiger partial charge on any atom is 0.203 e. The Hall–Kier alpha value is -4.18. The van der Waals surface area contributed by atoms with Crippen LogP contribution < -0.4 is 9.47 Å². The zero-order valence-electron chi connectivity index (χ0n) is 19.9. The summed E-state index contributed by atoms with van der Waals surface area (Å²) in [4.78, 5) is 27.0. The third-order valence-electron chi connectivity index (χ3n) is 5.73. The summed E-state index contributed by atoms with van der Waals surface area (Å²) in [5.74, 6) is 0.714. The fraction of sp³-hybridized carbons (Fsp3) is 0.161. The first-order valence-corrected chi connectivity index (χ1v) is 11.6. The molecule has 0 aromatic heterocycles. The molecule has 0 aliphatic carbocycles. The number of Topliss-reactive ketones (excluding diaryl/α,β-unsaturated/α-hetero) is 2. The second kappa shape index (κ2) is 11.3. The van der Waals surface area contributed by atoms with E-state index in [0.717, 1.165) is 11.1 Å². The lowest BCUT2D eigenvalue weighted by molar-refractivity contribution is 0.0588. The van der Waals surface area contributed by atoms with E-state index in [-0.39, 0.29) is 18.0 Å². The molecule has 0 fully saturated rings. The highest BCUT2D eigenvalue weighted by molar-refractivity contribution is 6.02. The molecular weight excluding hydrogens is 436 g/mol. The van der Waals surface area contributed by atoms with Gasteiger partial charge in [-0.25, -0.2) is 0 Å². The molecule has 0 N–H and O–H groups in total. The Morgan fingerprint density at radius 1 is 0.543 bits per heavy atom. The van der Waals surface area contributed by atoms with Crippen molar-refractivity contribution < 1.29 is 19.1 Å². The molecule has 35 heavy (non-hydrogen) atoms. The second-order valence-corrected chi connectivity index (χ2v) is 8.54. The minimum atomic E-state index is -0.914. The van der Waals surface area contributed by atoms with Crippen molar-refractivity contribution in [3.05, 3.63) is 131 Å². The summed E-state index contributed by atoms with van der Waals surface area (Å²) in [7, 11) is 0. The Labute approximate surface area is 206 Å². The molecule has 0 heterocycles. The van der Waals surface area contributed by atoms with Gasteiger partial charge in [-0.05, 0) is 38.1 Å². The predicted octanol–water partition coefficient (Wildman–Crippen LogP) is 6.65. The number of aryl methyl sites for hydroxylation is 2. The van der Waals surface area contributed by atoms with Crippen molar-refractivity contribution in [3.8, 4) is 11.5 Å². The first-order chi connectivity index (χ1) is 17.0. The van der Waals surface area contributed by atoms with Crippen LogP contribution in [0.25, 0.3) is 0 Å². The summed E-state index contributed by atoms with van der Waals surface area (Å²) in [5, 5.41) is 0. The molecule has 0 saturated carbocycles. The van der Waals surface area contributed by atoms with Gasteiger partial charge in [0.05, 0.1) is 0 Å². The molecular formula is C31H28O4. The van der Waals surface area contributed by atoms with Crippen LogP contribution in [0.1, 0.15) is 38.3 Å². The van der Waals surface area contributed by atoms with Crippen molar-refractivity contribution in [3.63, 3.8) is 0 Å². The van der Waals surface area contributed by atoms with Crippen LogP contribution >= 0.6 is 0 Å². The molecule has 0 amide bonds. The Balaban J connectivity index is 1.67. The first kappa shape index (κ1) is 24.0. The number of hydrogen-bond acceptors (Lipinski definition) is 4. The molecule has 0 aliphatic rings. The molecule has 4 rings (SSSR count). The van der Waals surface area contributed by atoms with E-state index >= 15 is 0 Å². The molecule has 4 nitrogen and oxygen atoms in total. The fourth-order valence-corrected chi connectivity index (χ4v) is 3.75. The standard InChI is InChI=1S/C31H28O4/c1-22-13-17-26(18-14-22)34-28(30(32)24-9-5-3-6-10-24)21-29(31(33)25-11-7-4-8-12-25)35-27-19-15-23(2)16-20-27/h3-20,28-29H,21H2,1-2H3. The van der Waals surface area contributed by atoms with Crippen molar-refractivity contribution in [1.29, 1.82) is 0 Å². The molecule has 4 heteroatoms. The van der Waals surface area contributed by atoms with Crippen LogP contribution in [-0.2, 0) is 0 Å². The fourth-order valence-electron chi connectivity index (χ4n) is 3.75. The van der Waals surface area contributed by atoms with Gasteiger partial charge in [0.1, 0.15) is 11.5 Å². The van der Waals surface area contributed by atoms with Crippen molar-refractivity contribution in [1.82, 2.24) is 0 Å². The summed E-state index contributed by atoms with van der Waals surface area (Å²) in [6.07, 6.45) is -1.77. The van der Waals surface area contributed by atoms with Crippen LogP contribution in [0.5, 0.6) is 11.5 Å². The number of ether oxygens (including phenoxy) is 2. The van der Waals surface area contributed by atoms with E-state index in [4.69, 9.17) is 9.47 Å². The molecule has 0 bridgehead atoms. The van der Waals surface area contributed by atoms with Gasteiger partial charge in [0, 0.05) is 17.5 Å². The van der Waals surface area contributed by atoms with E-state index in [0.29, 0.717) is 22.6 Å². The molecule has 4 aromatic carbocycles. The number of carbonyl (C=O) groups is 2. The van der Waals surface area contributed by atoms with Crippen LogP contribution in [-0.4, -0.2) is 23.8 Å². The van der Waals surface area contributed by atoms with Crippen molar-refractivity contribution in [2.45, 2.75) is 32.5 Å². The topological polar surface area (TPSA) is 52.6 Å². The summed E-state index contributed by atoms with van der Waals surface area (Å²) >= 11 is 0. The minimum Gasteiger partial charge on any atom is -0.482 e. The summed E-state index contributed by atoms with van der Waals surface area (Å²) < 4.78 is 12.4. The Morgan fingerprint density at radius 3 is 1.23 bits per heavy atom. The Morgan fingerprint density at radius 2 is 0.886 bits per heavy atom. The third-order valence-corrected chi connectivity index (χ3v) is 5.73. The first-order valence-electron chi connectivity index (χ1n) is 11.6. The van der Waals surface area contributed by atoms with Crippen LogP contribution in [0.15, 0.2) is 109 Å². The summed E-state index contributed by atoms with van der Waals surface area (Å²) in [5.41, 5.74) is 3.21. The minimum absolute atomic E-state index is 0.0587. The molecule has 0 aliphatic heterocycles. The largest absolute Gasteiger partial charge is 0.482 e. The highest BCUT2D eigenvalue weighted by Gasteiger charge is 2.32. The van der Waals surface area contributed by atoms with Crippen LogP contribution in [0.4, 0.5) is 0 Å². The van der Waals surface area contributed by atoms with Gasteiger partial charge < -0.3 is 9.47 Å². The average Bonchev–Trinajstić information content (AvgIpc) is 2.90. The Kier molecular flexibility index (Phi) is 7.74. The van der Waals surface area contributed by atoms with Gasteiger partial charge in [0.2, 0.25) is 11.6 Å². The van der Waals surface area contributed by atoms with Crippen LogP contribution in [0.3, 0.4) is 0 Å². The van der Waals surface area contributed by atoms with Gasteiger partial charge in [-0.15, -0.1) is 0 Å². The Bertz CT molecular complexity index is 1150. The summed E-state index contributed by atoms with van der Waals surface area (Å²) in [6, 6.07) is 33.0. The molecule has 0 spiro atoms. The number of rotatable bonds is 10. The molecule has 0 saturated heterocycles. The van der Waals surface area contributed by atoms with E-state index in [1.54, 1.807) is 24.3 Å². The van der Waals surface area contributed by atoms with Gasteiger partial charge in [-0.3, -0.25) is 9.59 Å². The molecule has 176 valence electrons. The lowest BCUT2D eigenvalue weighted by Crippen LogP contribution is -2.38. The van der Waals surface area contributed by atoms with Crippen molar-refractivity contribution in [2.75, 3.05) is 0 Å². The molecule has 0 radical (unpaired) electrons. The smallest absolute Gasteiger partial charge is 0.203 e. The monoisotopic (exact) mass is 464 g/mol. The zero-order chi connectivity index (χ0) is 24.6. The average molecular weight is 465 g/mol. The quantitative estimate of drug-likeness (QED) is 0.246. The van der Waals surface area contributed by atoms with E-state index in [9.17, 15) is 9.59 Å². The molecule has 2 unspecified atom stereocenters. The highest BCUT2D eigenvalue weighted by atomic mass is 16.5. The normalized spacial score (nSPS) is 12.4. The highest BCUT2D eigenvalue weighted by Crippen LogP contribution is 2.23. The van der Waals surface area contributed by atoms with E-state index in [2.05, 4.69) is 0 Å². The lowest BCUT2D eigenvalue weighted by atomic mass is 9.96. The maximum absolute atomic E-state index is 13.5. The zero-order valence-corrected chi connectivity index (χ0v) is 19.9. The van der Waals surface area contributed by atoms with Gasteiger partial charge in [0.25, 0.3) is 0 Å². The van der Waals surface area contributed by atoms with Crippen molar-refractivity contribution >= 4 is 11.6 Å².